The molecule has 1 amide bonds. The molecule has 5 nitrogen and oxygen atoms in total. The molecule has 0 spiro atoms. The van der Waals surface area contributed by atoms with Crippen molar-refractivity contribution in [2.24, 2.45) is 5.92 Å². The average molecular weight is 458 g/mol. The lowest BCUT2D eigenvalue weighted by Crippen LogP contribution is -2.44. The normalized spacial score (nSPS) is 29.4. The van der Waals surface area contributed by atoms with Crippen LogP contribution in [0.1, 0.15) is 45.1 Å². The van der Waals surface area contributed by atoms with Crippen molar-refractivity contribution in [2.45, 2.75) is 57.2 Å². The largest absolute Gasteiger partial charge is 0.444 e. The first-order valence-electron chi connectivity index (χ1n) is 9.54. The van der Waals surface area contributed by atoms with Crippen molar-refractivity contribution in [3.8, 4) is 0 Å². The van der Waals surface area contributed by atoms with Gasteiger partial charge >= 0.3 is 6.09 Å². The third-order valence-corrected chi connectivity index (χ3v) is 6.59. The van der Waals surface area contributed by atoms with Gasteiger partial charge in [-0.2, -0.15) is 0 Å². The van der Waals surface area contributed by atoms with Gasteiger partial charge in [-0.1, -0.05) is 11.6 Å². The molecule has 2 aliphatic heterocycles. The Morgan fingerprint density at radius 2 is 2.07 bits per heavy atom. The summed E-state index contributed by atoms with van der Waals surface area (Å²) in [6.07, 6.45) is 1.59. The lowest BCUT2D eigenvalue weighted by Gasteiger charge is -2.37. The van der Waals surface area contributed by atoms with Gasteiger partial charge in [-0.05, 0) is 79.1 Å². The van der Waals surface area contributed by atoms with Crippen LogP contribution in [0.2, 0.25) is 5.02 Å². The van der Waals surface area contributed by atoms with E-state index in [0.29, 0.717) is 18.4 Å². The van der Waals surface area contributed by atoms with Gasteiger partial charge in [0.2, 0.25) is 0 Å². The zero-order chi connectivity index (χ0) is 19.5. The summed E-state index contributed by atoms with van der Waals surface area (Å²) in [6.45, 7) is 7.09. The molecule has 4 atom stereocenters. The molecular formula is C20H26BrClN2O3. The van der Waals surface area contributed by atoms with Gasteiger partial charge in [-0.15, -0.1) is 0 Å². The van der Waals surface area contributed by atoms with Gasteiger partial charge in [0.15, 0.2) is 0 Å². The summed E-state index contributed by atoms with van der Waals surface area (Å²) < 4.78 is 6.56. The molecule has 7 heteroatoms. The second-order valence-corrected chi connectivity index (χ2v) is 10.2. The van der Waals surface area contributed by atoms with E-state index in [-0.39, 0.29) is 24.8 Å². The summed E-state index contributed by atoms with van der Waals surface area (Å²) in [4.78, 5) is 16.7. The highest BCUT2D eigenvalue weighted by Crippen LogP contribution is 2.57. The molecule has 0 aromatic heterocycles. The van der Waals surface area contributed by atoms with E-state index in [2.05, 4.69) is 26.9 Å². The predicted molar refractivity (Wildman–Crippen MR) is 110 cm³/mol. The highest BCUT2D eigenvalue weighted by molar-refractivity contribution is 9.10. The SMILES string of the molecule is CC(C)(C)OC(=O)N1CC(N2CC3CC3c3cc(Cl)cc(Br)c32)CC1CO. The average Bonchev–Trinajstić information content (AvgIpc) is 3.21. The third-order valence-electron chi connectivity index (χ3n) is 5.77. The van der Waals surface area contributed by atoms with Crippen LogP contribution >= 0.6 is 27.5 Å². The Kier molecular flexibility index (Phi) is 4.88. The minimum absolute atomic E-state index is 0.0513. The second-order valence-electron chi connectivity index (χ2n) is 8.94. The van der Waals surface area contributed by atoms with Gasteiger partial charge in [-0.3, -0.25) is 0 Å². The first-order valence-corrected chi connectivity index (χ1v) is 10.7. The molecule has 4 unspecified atom stereocenters. The Bertz CT molecular complexity index is 766. The Balaban J connectivity index is 1.60. The molecule has 1 aromatic rings. The van der Waals surface area contributed by atoms with E-state index >= 15 is 0 Å². The number of rotatable bonds is 2. The van der Waals surface area contributed by atoms with Crippen molar-refractivity contribution in [3.05, 3.63) is 27.2 Å². The van der Waals surface area contributed by atoms with Crippen LogP contribution in [0, 0.1) is 5.92 Å². The summed E-state index contributed by atoms with van der Waals surface area (Å²) in [5, 5.41) is 10.6. The number of aliphatic hydroxyl groups excluding tert-OH is 1. The minimum atomic E-state index is -0.548. The van der Waals surface area contributed by atoms with E-state index in [1.165, 1.54) is 17.7 Å². The van der Waals surface area contributed by atoms with Gasteiger partial charge < -0.3 is 19.6 Å². The van der Waals surface area contributed by atoms with Crippen molar-refractivity contribution < 1.29 is 14.6 Å². The van der Waals surface area contributed by atoms with Crippen molar-refractivity contribution in [2.75, 3.05) is 24.6 Å². The number of aliphatic hydroxyl groups is 1. The first kappa shape index (κ1) is 19.3. The summed E-state index contributed by atoms with van der Waals surface area (Å²) >= 11 is 10.00. The second kappa shape index (κ2) is 6.82. The number of amides is 1. The monoisotopic (exact) mass is 456 g/mol. The Hall–Kier alpha value is -0.980. The lowest BCUT2D eigenvalue weighted by atomic mass is 9.99. The summed E-state index contributed by atoms with van der Waals surface area (Å²) in [7, 11) is 0. The van der Waals surface area contributed by atoms with Crippen LogP contribution in [0.15, 0.2) is 16.6 Å². The van der Waals surface area contributed by atoms with Gasteiger partial charge in [0, 0.05) is 28.6 Å². The molecule has 0 bridgehead atoms. The number of hydrogen-bond acceptors (Lipinski definition) is 4. The molecule has 148 valence electrons. The number of hydrogen-bond donors (Lipinski definition) is 1. The summed E-state index contributed by atoms with van der Waals surface area (Å²) in [6, 6.07) is 3.98. The number of carbonyl (C=O) groups is 1. The molecule has 4 rings (SSSR count). The van der Waals surface area contributed by atoms with E-state index in [4.69, 9.17) is 16.3 Å². The molecule has 3 aliphatic rings. The van der Waals surface area contributed by atoms with Crippen molar-refractivity contribution in [1.82, 2.24) is 4.90 Å². The molecule has 0 radical (unpaired) electrons. The third kappa shape index (κ3) is 3.68. The van der Waals surface area contributed by atoms with Gasteiger partial charge in [0.05, 0.1) is 18.3 Å². The van der Waals surface area contributed by atoms with E-state index < -0.39 is 5.60 Å². The smallest absolute Gasteiger partial charge is 0.410 e. The summed E-state index contributed by atoms with van der Waals surface area (Å²) in [5.41, 5.74) is 1.96. The number of likely N-dealkylation sites (tertiary alicyclic amines) is 1. The van der Waals surface area contributed by atoms with Crippen LogP contribution < -0.4 is 4.90 Å². The molecule has 2 fully saturated rings. The molecule has 1 aromatic carbocycles. The number of halogens is 2. The van der Waals surface area contributed by atoms with E-state index in [1.54, 1.807) is 4.90 Å². The number of nitrogens with zero attached hydrogens (tertiary/aromatic N) is 2. The van der Waals surface area contributed by atoms with Crippen LogP contribution in [-0.4, -0.2) is 53.5 Å². The molecule has 1 N–H and O–H groups in total. The van der Waals surface area contributed by atoms with E-state index in [1.807, 2.05) is 26.8 Å². The Morgan fingerprint density at radius 1 is 1.33 bits per heavy atom. The van der Waals surface area contributed by atoms with Gasteiger partial charge in [0.1, 0.15) is 5.60 Å². The Morgan fingerprint density at radius 3 is 2.74 bits per heavy atom. The fourth-order valence-electron chi connectivity index (χ4n) is 4.51. The van der Waals surface area contributed by atoms with Crippen LogP contribution in [0.4, 0.5) is 10.5 Å². The maximum atomic E-state index is 12.6. The zero-order valence-corrected chi connectivity index (χ0v) is 18.3. The highest BCUT2D eigenvalue weighted by Gasteiger charge is 2.49. The van der Waals surface area contributed by atoms with Crippen LogP contribution in [0.5, 0.6) is 0 Å². The molecule has 27 heavy (non-hydrogen) atoms. The van der Waals surface area contributed by atoms with Crippen LogP contribution in [0.25, 0.3) is 0 Å². The number of ether oxygens (including phenoxy) is 1. The van der Waals surface area contributed by atoms with Gasteiger partial charge in [-0.25, -0.2) is 4.79 Å². The van der Waals surface area contributed by atoms with Crippen LogP contribution in [0.3, 0.4) is 0 Å². The molecule has 1 saturated heterocycles. The minimum Gasteiger partial charge on any atom is -0.444 e. The molecular weight excluding hydrogens is 432 g/mol. The van der Waals surface area contributed by atoms with Crippen molar-refractivity contribution in [1.29, 1.82) is 0 Å². The topological polar surface area (TPSA) is 53.0 Å². The quantitative estimate of drug-likeness (QED) is 0.715. The molecule has 1 aliphatic carbocycles. The predicted octanol–water partition coefficient (Wildman–Crippen LogP) is 4.40. The maximum absolute atomic E-state index is 12.6. The fraction of sp³-hybridized carbons (Fsp3) is 0.650. The molecule has 1 saturated carbocycles. The number of fused-ring (bicyclic) bond motifs is 3. The van der Waals surface area contributed by atoms with Crippen LogP contribution in [-0.2, 0) is 4.74 Å². The number of benzene rings is 1. The number of anilines is 1. The number of carbonyl (C=O) groups excluding carboxylic acids is 1. The first-order chi connectivity index (χ1) is 12.7. The fourth-order valence-corrected chi connectivity index (χ4v) is 5.57. The Labute approximate surface area is 173 Å². The molecule has 2 heterocycles. The standard InChI is InChI=1S/C20H26BrClN2O3/c1-20(2,3)27-19(26)24-9-13(7-14(24)10-25)23-8-11-4-15(11)16-5-12(22)6-17(21)18(16)23/h5-6,11,13-15,25H,4,7-10H2,1-3H3. The van der Waals surface area contributed by atoms with E-state index in [9.17, 15) is 9.90 Å². The maximum Gasteiger partial charge on any atom is 0.410 e. The lowest BCUT2D eigenvalue weighted by molar-refractivity contribution is 0.0174. The van der Waals surface area contributed by atoms with E-state index in [0.717, 1.165) is 22.5 Å². The zero-order valence-electron chi connectivity index (χ0n) is 15.9. The van der Waals surface area contributed by atoms with Crippen molar-refractivity contribution >= 4 is 39.3 Å². The van der Waals surface area contributed by atoms with Gasteiger partial charge in [0.25, 0.3) is 0 Å². The highest BCUT2D eigenvalue weighted by atomic mass is 79.9. The van der Waals surface area contributed by atoms with Crippen molar-refractivity contribution in [3.63, 3.8) is 0 Å². The summed E-state index contributed by atoms with van der Waals surface area (Å²) in [5.74, 6) is 1.26.